The van der Waals surface area contributed by atoms with Gasteiger partial charge in [-0.3, -0.25) is 0 Å². The summed E-state index contributed by atoms with van der Waals surface area (Å²) in [5, 5.41) is 0. The van der Waals surface area contributed by atoms with Crippen LogP contribution in [0.25, 0.3) is 0 Å². The van der Waals surface area contributed by atoms with Gasteiger partial charge in [0, 0.05) is 5.54 Å². The van der Waals surface area contributed by atoms with E-state index in [2.05, 4.69) is 6.92 Å². The molecule has 0 spiro atoms. The molecule has 1 aromatic carbocycles. The predicted molar refractivity (Wildman–Crippen MR) is 74.3 cm³/mol. The maximum absolute atomic E-state index is 12.5. The van der Waals surface area contributed by atoms with Crippen LogP contribution < -0.4 is 5.73 Å². The number of nitrogens with two attached hydrogens (primary N) is 1. The summed E-state index contributed by atoms with van der Waals surface area (Å²) in [5.74, 6) is 0.656. The van der Waals surface area contributed by atoms with Gasteiger partial charge in [-0.05, 0) is 42.9 Å². The highest BCUT2D eigenvalue weighted by molar-refractivity contribution is 5.26. The van der Waals surface area contributed by atoms with Crippen LogP contribution in [0.2, 0.25) is 0 Å². The number of hydrogen-bond donors (Lipinski definition) is 1. The molecule has 1 nitrogen and oxygen atoms in total. The van der Waals surface area contributed by atoms with E-state index in [0.29, 0.717) is 12.3 Å². The molecular formula is C16H22F3N. The molecule has 0 heterocycles. The van der Waals surface area contributed by atoms with E-state index in [1.807, 2.05) is 0 Å². The highest BCUT2D eigenvalue weighted by Gasteiger charge is 2.33. The van der Waals surface area contributed by atoms with Gasteiger partial charge in [0.15, 0.2) is 0 Å². The summed E-state index contributed by atoms with van der Waals surface area (Å²) < 4.78 is 37.6. The van der Waals surface area contributed by atoms with Crippen LogP contribution in [0.15, 0.2) is 24.3 Å². The summed E-state index contributed by atoms with van der Waals surface area (Å²) in [6.07, 6.45) is 1.82. The fourth-order valence-electron chi connectivity index (χ4n) is 3.25. The van der Waals surface area contributed by atoms with Crippen molar-refractivity contribution in [3.63, 3.8) is 0 Å². The third-order valence-electron chi connectivity index (χ3n) is 4.40. The monoisotopic (exact) mass is 285 g/mol. The molecule has 0 radical (unpaired) electrons. The highest BCUT2D eigenvalue weighted by Crippen LogP contribution is 2.35. The van der Waals surface area contributed by atoms with Crippen molar-refractivity contribution < 1.29 is 13.2 Å². The summed E-state index contributed by atoms with van der Waals surface area (Å²) in [6.45, 7) is 2.18. The molecular weight excluding hydrogens is 263 g/mol. The van der Waals surface area contributed by atoms with Crippen LogP contribution in [-0.2, 0) is 12.6 Å². The van der Waals surface area contributed by atoms with E-state index in [1.165, 1.54) is 6.42 Å². The second-order valence-electron chi connectivity index (χ2n) is 6.10. The summed E-state index contributed by atoms with van der Waals surface area (Å²) in [7, 11) is 0. The van der Waals surface area contributed by atoms with Crippen molar-refractivity contribution in [3.05, 3.63) is 35.4 Å². The summed E-state index contributed by atoms with van der Waals surface area (Å²) >= 11 is 0. The van der Waals surface area contributed by atoms with Crippen molar-refractivity contribution >= 4 is 0 Å². The van der Waals surface area contributed by atoms with E-state index in [0.717, 1.165) is 43.4 Å². The Morgan fingerprint density at radius 1 is 1.25 bits per heavy atom. The first-order valence-electron chi connectivity index (χ1n) is 7.27. The van der Waals surface area contributed by atoms with Gasteiger partial charge in [-0.2, -0.15) is 13.2 Å². The van der Waals surface area contributed by atoms with Gasteiger partial charge in [0.25, 0.3) is 0 Å². The second-order valence-corrected chi connectivity index (χ2v) is 6.10. The van der Waals surface area contributed by atoms with Crippen LogP contribution in [0.4, 0.5) is 13.2 Å². The lowest BCUT2D eigenvalue weighted by molar-refractivity contribution is -0.137. The number of rotatable bonds is 3. The smallest absolute Gasteiger partial charge is 0.325 e. The van der Waals surface area contributed by atoms with Gasteiger partial charge in [0.1, 0.15) is 0 Å². The Hall–Kier alpha value is -1.03. The van der Waals surface area contributed by atoms with Gasteiger partial charge in [0.05, 0.1) is 5.56 Å². The van der Waals surface area contributed by atoms with Crippen LogP contribution in [0.1, 0.15) is 50.2 Å². The first-order valence-corrected chi connectivity index (χ1v) is 7.27. The third-order valence-corrected chi connectivity index (χ3v) is 4.40. The van der Waals surface area contributed by atoms with Crippen molar-refractivity contribution in [2.75, 3.05) is 0 Å². The number of alkyl halides is 3. The highest BCUT2D eigenvalue weighted by atomic mass is 19.4. The topological polar surface area (TPSA) is 26.0 Å². The molecule has 1 fully saturated rings. The van der Waals surface area contributed by atoms with E-state index >= 15 is 0 Å². The molecule has 0 bridgehead atoms. The van der Waals surface area contributed by atoms with Gasteiger partial charge >= 0.3 is 6.18 Å². The van der Waals surface area contributed by atoms with E-state index in [4.69, 9.17) is 5.73 Å². The number of halogens is 3. The van der Waals surface area contributed by atoms with Gasteiger partial charge in [-0.25, -0.2) is 0 Å². The molecule has 0 saturated heterocycles. The minimum Gasteiger partial charge on any atom is -0.325 e. The zero-order valence-electron chi connectivity index (χ0n) is 11.8. The first kappa shape index (κ1) is 15.4. The molecule has 0 amide bonds. The van der Waals surface area contributed by atoms with Gasteiger partial charge in [-0.15, -0.1) is 0 Å². The molecule has 0 aliphatic heterocycles. The maximum Gasteiger partial charge on any atom is 0.416 e. The standard InChI is InChI=1S/C16H22F3N/c1-2-12-4-3-9-15(20,10-12)11-13-5-7-14(8-6-13)16(17,18)19/h5-8,12H,2-4,9-11,20H2,1H3. The van der Waals surface area contributed by atoms with E-state index < -0.39 is 11.7 Å². The van der Waals surface area contributed by atoms with Crippen LogP contribution in [0, 0.1) is 5.92 Å². The zero-order chi connectivity index (χ0) is 14.8. The summed E-state index contributed by atoms with van der Waals surface area (Å²) in [5.41, 5.74) is 6.51. The lowest BCUT2D eigenvalue weighted by Gasteiger charge is -2.38. The van der Waals surface area contributed by atoms with Crippen molar-refractivity contribution in [2.45, 2.75) is 57.2 Å². The molecule has 1 aromatic rings. The van der Waals surface area contributed by atoms with Crippen molar-refractivity contribution in [1.82, 2.24) is 0 Å². The second kappa shape index (κ2) is 5.76. The largest absolute Gasteiger partial charge is 0.416 e. The Morgan fingerprint density at radius 3 is 2.45 bits per heavy atom. The normalized spacial score (nSPS) is 27.6. The zero-order valence-corrected chi connectivity index (χ0v) is 11.8. The SMILES string of the molecule is CCC1CCCC(N)(Cc2ccc(C(F)(F)F)cc2)C1. The Balaban J connectivity index is 2.06. The molecule has 2 unspecified atom stereocenters. The molecule has 112 valence electrons. The van der Waals surface area contributed by atoms with Crippen LogP contribution >= 0.6 is 0 Å². The van der Waals surface area contributed by atoms with Crippen molar-refractivity contribution in [3.8, 4) is 0 Å². The lowest BCUT2D eigenvalue weighted by Crippen LogP contribution is -2.46. The Morgan fingerprint density at radius 2 is 1.90 bits per heavy atom. The van der Waals surface area contributed by atoms with Gasteiger partial charge < -0.3 is 5.73 Å². The molecule has 0 aromatic heterocycles. The van der Waals surface area contributed by atoms with Gasteiger partial charge in [0.2, 0.25) is 0 Å². The van der Waals surface area contributed by atoms with E-state index in [-0.39, 0.29) is 5.54 Å². The minimum atomic E-state index is -4.27. The predicted octanol–water partition coefficient (Wildman–Crippen LogP) is 4.55. The molecule has 1 aliphatic carbocycles. The average Bonchev–Trinajstić information content (AvgIpc) is 2.37. The molecule has 20 heavy (non-hydrogen) atoms. The van der Waals surface area contributed by atoms with Crippen LogP contribution in [-0.4, -0.2) is 5.54 Å². The van der Waals surface area contributed by atoms with Crippen LogP contribution in [0.5, 0.6) is 0 Å². The Kier molecular flexibility index (Phi) is 4.43. The molecule has 2 N–H and O–H groups in total. The third kappa shape index (κ3) is 3.75. The van der Waals surface area contributed by atoms with E-state index in [9.17, 15) is 13.2 Å². The van der Waals surface area contributed by atoms with Crippen LogP contribution in [0.3, 0.4) is 0 Å². The van der Waals surface area contributed by atoms with Crippen molar-refractivity contribution in [2.24, 2.45) is 11.7 Å². The Labute approximate surface area is 118 Å². The maximum atomic E-state index is 12.5. The number of hydrogen-bond acceptors (Lipinski definition) is 1. The molecule has 2 atom stereocenters. The average molecular weight is 285 g/mol. The van der Waals surface area contributed by atoms with Gasteiger partial charge in [-0.1, -0.05) is 38.3 Å². The first-order chi connectivity index (χ1) is 9.32. The molecule has 1 saturated carbocycles. The fourth-order valence-corrected chi connectivity index (χ4v) is 3.25. The quantitative estimate of drug-likeness (QED) is 0.866. The summed E-state index contributed by atoms with van der Waals surface area (Å²) in [6, 6.07) is 5.43. The van der Waals surface area contributed by atoms with Crippen molar-refractivity contribution in [1.29, 1.82) is 0 Å². The minimum absolute atomic E-state index is 0.251. The molecule has 2 rings (SSSR count). The van der Waals surface area contributed by atoms with E-state index in [1.54, 1.807) is 12.1 Å². The summed E-state index contributed by atoms with van der Waals surface area (Å²) in [4.78, 5) is 0. The Bertz CT molecular complexity index is 438. The fraction of sp³-hybridized carbons (Fsp3) is 0.625. The molecule has 1 aliphatic rings. The lowest BCUT2D eigenvalue weighted by atomic mass is 9.72. The number of benzene rings is 1. The molecule has 4 heteroatoms.